The molecule has 142 valence electrons. The number of nitrogens with one attached hydrogen (secondary N) is 2. The molecule has 1 aromatic carbocycles. The molecule has 1 amide bonds. The van der Waals surface area contributed by atoms with Crippen molar-refractivity contribution in [2.75, 3.05) is 13.7 Å². The van der Waals surface area contributed by atoms with Gasteiger partial charge in [-0.05, 0) is 48.5 Å². The normalized spacial score (nSPS) is 10.7. The molecule has 2 aromatic heterocycles. The first-order valence-corrected chi connectivity index (χ1v) is 9.01. The predicted molar refractivity (Wildman–Crippen MR) is 104 cm³/mol. The van der Waals surface area contributed by atoms with Crippen LogP contribution in [0.2, 0.25) is 0 Å². The minimum absolute atomic E-state index is 0.0253. The van der Waals surface area contributed by atoms with Gasteiger partial charge in [0, 0.05) is 38.3 Å². The number of aryl methyl sites for hydroxylation is 1. The molecule has 0 aliphatic carbocycles. The van der Waals surface area contributed by atoms with Gasteiger partial charge in [0.15, 0.2) is 10.6 Å². The third-order valence-corrected chi connectivity index (χ3v) is 4.47. The summed E-state index contributed by atoms with van der Waals surface area (Å²) >= 11 is 5.31. The minimum Gasteiger partial charge on any atom is -0.497 e. The number of methoxy groups -OCH3 is 1. The number of carbonyl (C=O) groups is 1. The lowest BCUT2D eigenvalue weighted by Crippen LogP contribution is -2.26. The fourth-order valence-corrected chi connectivity index (χ4v) is 2.96. The van der Waals surface area contributed by atoms with E-state index in [9.17, 15) is 4.79 Å². The van der Waals surface area contributed by atoms with E-state index >= 15 is 0 Å². The van der Waals surface area contributed by atoms with E-state index in [4.69, 9.17) is 17.0 Å². The van der Waals surface area contributed by atoms with E-state index in [1.165, 1.54) is 0 Å². The van der Waals surface area contributed by atoms with Gasteiger partial charge in [0.05, 0.1) is 13.3 Å². The Morgan fingerprint density at radius 1 is 1.33 bits per heavy atom. The standard InChI is InChI=1S/C18H22N6O2S/c1-23-12-13(11-20-23)7-9-19-16(25)8-10-24-17(21-22-18(24)27)14-3-5-15(26-2)6-4-14/h3-6,11-12H,7-10H2,1-2H3,(H,19,25)(H,22,27). The fraction of sp³-hybridized carbons (Fsp3) is 0.333. The molecule has 2 N–H and O–H groups in total. The van der Waals surface area contributed by atoms with Crippen LogP contribution >= 0.6 is 12.2 Å². The maximum atomic E-state index is 12.1. The number of ether oxygens (including phenoxy) is 1. The Labute approximate surface area is 162 Å². The Kier molecular flexibility index (Phi) is 6.02. The van der Waals surface area contributed by atoms with E-state index in [2.05, 4.69) is 20.6 Å². The second-order valence-electron chi connectivity index (χ2n) is 6.10. The van der Waals surface area contributed by atoms with Crippen LogP contribution in [0.15, 0.2) is 36.7 Å². The number of hydrogen-bond acceptors (Lipinski definition) is 5. The number of nitrogens with zero attached hydrogens (tertiary/aromatic N) is 4. The summed E-state index contributed by atoms with van der Waals surface area (Å²) in [5, 5.41) is 14.1. The lowest BCUT2D eigenvalue weighted by Gasteiger charge is -2.08. The van der Waals surface area contributed by atoms with Crippen molar-refractivity contribution in [2.45, 2.75) is 19.4 Å². The van der Waals surface area contributed by atoms with Crippen molar-refractivity contribution < 1.29 is 9.53 Å². The van der Waals surface area contributed by atoms with Crippen LogP contribution in [0.1, 0.15) is 12.0 Å². The highest BCUT2D eigenvalue weighted by atomic mass is 32.1. The maximum absolute atomic E-state index is 12.1. The average molecular weight is 386 g/mol. The van der Waals surface area contributed by atoms with E-state index in [-0.39, 0.29) is 5.91 Å². The Hall–Kier alpha value is -2.94. The summed E-state index contributed by atoms with van der Waals surface area (Å²) in [5.41, 5.74) is 2.00. The largest absolute Gasteiger partial charge is 0.497 e. The number of H-pyrrole nitrogens is 1. The zero-order valence-electron chi connectivity index (χ0n) is 15.3. The first-order valence-electron chi connectivity index (χ1n) is 8.60. The third kappa shape index (κ3) is 4.82. The van der Waals surface area contributed by atoms with Gasteiger partial charge in [-0.3, -0.25) is 19.1 Å². The van der Waals surface area contributed by atoms with Crippen molar-refractivity contribution in [1.82, 2.24) is 29.9 Å². The smallest absolute Gasteiger partial charge is 0.221 e. The topological polar surface area (TPSA) is 89.8 Å². The van der Waals surface area contributed by atoms with Gasteiger partial charge >= 0.3 is 0 Å². The van der Waals surface area contributed by atoms with Crippen LogP contribution in [0.5, 0.6) is 5.75 Å². The van der Waals surface area contributed by atoms with Crippen LogP contribution in [0.4, 0.5) is 0 Å². The lowest BCUT2D eigenvalue weighted by atomic mass is 10.2. The molecule has 8 nitrogen and oxygen atoms in total. The van der Waals surface area contributed by atoms with Gasteiger partial charge in [-0.15, -0.1) is 0 Å². The van der Waals surface area contributed by atoms with Crippen LogP contribution in [0.3, 0.4) is 0 Å². The summed E-state index contributed by atoms with van der Waals surface area (Å²) in [5.74, 6) is 1.45. The number of amides is 1. The van der Waals surface area contributed by atoms with Gasteiger partial charge in [-0.25, -0.2) is 0 Å². The number of aromatic nitrogens is 5. The van der Waals surface area contributed by atoms with Crippen molar-refractivity contribution in [1.29, 1.82) is 0 Å². The molecular weight excluding hydrogens is 364 g/mol. The van der Waals surface area contributed by atoms with Crippen LogP contribution in [-0.4, -0.2) is 44.1 Å². The third-order valence-electron chi connectivity index (χ3n) is 4.16. The van der Waals surface area contributed by atoms with Crippen molar-refractivity contribution >= 4 is 18.1 Å². The highest BCUT2D eigenvalue weighted by molar-refractivity contribution is 7.71. The molecular formula is C18H22N6O2S. The Morgan fingerprint density at radius 2 is 2.11 bits per heavy atom. The molecule has 0 bridgehead atoms. The van der Waals surface area contributed by atoms with Gasteiger partial charge in [0.2, 0.25) is 5.91 Å². The second-order valence-corrected chi connectivity index (χ2v) is 6.49. The summed E-state index contributed by atoms with van der Waals surface area (Å²) in [7, 11) is 3.50. The number of rotatable bonds is 8. The summed E-state index contributed by atoms with van der Waals surface area (Å²) in [6.45, 7) is 1.03. The van der Waals surface area contributed by atoms with Gasteiger partial charge in [0.1, 0.15) is 5.75 Å². The lowest BCUT2D eigenvalue weighted by molar-refractivity contribution is -0.121. The summed E-state index contributed by atoms with van der Waals surface area (Å²) in [4.78, 5) is 12.1. The molecule has 3 aromatic rings. The monoisotopic (exact) mass is 386 g/mol. The molecule has 0 unspecified atom stereocenters. The minimum atomic E-state index is -0.0253. The summed E-state index contributed by atoms with van der Waals surface area (Å²) in [6.07, 6.45) is 4.82. The molecule has 0 saturated heterocycles. The Bertz CT molecular complexity index is 957. The number of benzene rings is 1. The van der Waals surface area contributed by atoms with Crippen LogP contribution in [-0.2, 0) is 24.8 Å². The molecule has 0 fully saturated rings. The van der Waals surface area contributed by atoms with Crippen molar-refractivity contribution in [3.8, 4) is 17.1 Å². The molecule has 0 spiro atoms. The van der Waals surface area contributed by atoms with Crippen molar-refractivity contribution in [3.63, 3.8) is 0 Å². The van der Waals surface area contributed by atoms with E-state index in [1.807, 2.05) is 42.1 Å². The van der Waals surface area contributed by atoms with E-state index in [1.54, 1.807) is 18.0 Å². The molecule has 0 radical (unpaired) electrons. The quantitative estimate of drug-likeness (QED) is 0.579. The first-order chi connectivity index (χ1) is 13.1. The molecule has 27 heavy (non-hydrogen) atoms. The second kappa shape index (κ2) is 8.63. The first kappa shape index (κ1) is 18.8. The SMILES string of the molecule is COc1ccc(-c2n[nH]c(=S)n2CCC(=O)NCCc2cnn(C)c2)cc1. The number of aromatic amines is 1. The van der Waals surface area contributed by atoms with Crippen LogP contribution < -0.4 is 10.1 Å². The van der Waals surface area contributed by atoms with Gasteiger partial charge in [-0.2, -0.15) is 10.2 Å². The molecule has 0 atom stereocenters. The highest BCUT2D eigenvalue weighted by Crippen LogP contribution is 2.21. The van der Waals surface area contributed by atoms with E-state index in [0.29, 0.717) is 30.1 Å². The molecule has 9 heteroatoms. The average Bonchev–Trinajstić information content (AvgIpc) is 3.25. The van der Waals surface area contributed by atoms with Crippen molar-refractivity contribution in [2.24, 2.45) is 7.05 Å². The maximum Gasteiger partial charge on any atom is 0.221 e. The van der Waals surface area contributed by atoms with Crippen molar-refractivity contribution in [3.05, 3.63) is 47.0 Å². The van der Waals surface area contributed by atoms with Crippen LogP contribution in [0, 0.1) is 4.77 Å². The molecule has 3 rings (SSSR count). The Morgan fingerprint density at radius 3 is 2.78 bits per heavy atom. The molecule has 2 heterocycles. The van der Waals surface area contributed by atoms with E-state index < -0.39 is 0 Å². The van der Waals surface area contributed by atoms with Crippen LogP contribution in [0.25, 0.3) is 11.4 Å². The predicted octanol–water partition coefficient (Wildman–Crippen LogP) is 2.10. The van der Waals surface area contributed by atoms with Gasteiger partial charge in [0.25, 0.3) is 0 Å². The zero-order chi connectivity index (χ0) is 19.2. The number of hydrogen-bond donors (Lipinski definition) is 2. The van der Waals surface area contributed by atoms with Gasteiger partial charge in [-0.1, -0.05) is 0 Å². The molecule has 0 aliphatic rings. The fourth-order valence-electron chi connectivity index (χ4n) is 2.73. The Balaban J connectivity index is 1.56. The number of carbonyl (C=O) groups excluding carboxylic acids is 1. The summed E-state index contributed by atoms with van der Waals surface area (Å²) < 4.78 is 9.25. The highest BCUT2D eigenvalue weighted by Gasteiger charge is 2.11. The zero-order valence-corrected chi connectivity index (χ0v) is 16.1. The molecule has 0 saturated carbocycles. The van der Waals surface area contributed by atoms with Gasteiger partial charge < -0.3 is 10.1 Å². The molecule has 0 aliphatic heterocycles. The summed E-state index contributed by atoms with van der Waals surface area (Å²) in [6, 6.07) is 7.55. The van der Waals surface area contributed by atoms with E-state index in [0.717, 1.165) is 23.3 Å².